The number of nitrogens with zero attached hydrogens (tertiary/aromatic N) is 2. The molecule has 0 saturated carbocycles. The van der Waals surface area contributed by atoms with Crippen LogP contribution in [-0.2, 0) is 16.4 Å². The van der Waals surface area contributed by atoms with Crippen LogP contribution in [0.5, 0.6) is 0 Å². The fourth-order valence-corrected chi connectivity index (χ4v) is 3.10. The zero-order chi connectivity index (χ0) is 14.6. The number of aryl methyl sites for hydroxylation is 2. The van der Waals surface area contributed by atoms with Crippen molar-refractivity contribution in [2.75, 3.05) is 6.54 Å². The van der Waals surface area contributed by atoms with Crippen LogP contribution in [0.1, 0.15) is 17.8 Å². The molecule has 0 spiro atoms. The number of rotatable bonds is 6. The van der Waals surface area contributed by atoms with E-state index in [9.17, 15) is 12.8 Å². The lowest BCUT2D eigenvalue weighted by Gasteiger charge is -2.08. The molecule has 0 atom stereocenters. The van der Waals surface area contributed by atoms with Crippen LogP contribution in [0, 0.1) is 12.7 Å². The Morgan fingerprint density at radius 2 is 2.20 bits per heavy atom. The summed E-state index contributed by atoms with van der Waals surface area (Å²) >= 11 is 0. The summed E-state index contributed by atoms with van der Waals surface area (Å²) in [6, 6.07) is 3.60. The minimum atomic E-state index is -3.61. The van der Waals surface area contributed by atoms with Gasteiger partial charge in [0.1, 0.15) is 18.0 Å². The van der Waals surface area contributed by atoms with E-state index in [0.29, 0.717) is 24.2 Å². The maximum Gasteiger partial charge on any atom is 0.240 e. The highest BCUT2D eigenvalue weighted by molar-refractivity contribution is 7.89. The van der Waals surface area contributed by atoms with Crippen molar-refractivity contribution >= 4 is 10.0 Å². The van der Waals surface area contributed by atoms with Gasteiger partial charge in [-0.25, -0.2) is 22.5 Å². The second kappa shape index (κ2) is 6.10. The third kappa shape index (κ3) is 3.61. The maximum atomic E-state index is 13.0. The quantitative estimate of drug-likeness (QED) is 0.783. The summed E-state index contributed by atoms with van der Waals surface area (Å²) in [5.74, 6) is 0.258. The molecule has 1 aromatic carbocycles. The molecule has 2 aromatic rings. The summed E-state index contributed by atoms with van der Waals surface area (Å²) in [6.07, 6.45) is 2.60. The lowest BCUT2D eigenvalue weighted by molar-refractivity contribution is 0.576. The molecular weight excluding hydrogens is 283 g/mol. The molecule has 8 heteroatoms. The van der Waals surface area contributed by atoms with Gasteiger partial charge in [0, 0.05) is 13.0 Å². The molecule has 20 heavy (non-hydrogen) atoms. The van der Waals surface area contributed by atoms with Crippen molar-refractivity contribution in [2.24, 2.45) is 0 Å². The van der Waals surface area contributed by atoms with Crippen LogP contribution in [0.2, 0.25) is 0 Å². The van der Waals surface area contributed by atoms with E-state index in [1.165, 1.54) is 18.5 Å². The number of nitrogens with one attached hydrogen (secondary N) is 2. The minimum Gasteiger partial charge on any atom is -0.263 e. The molecule has 0 fully saturated rings. The van der Waals surface area contributed by atoms with E-state index in [2.05, 4.69) is 19.9 Å². The molecule has 0 saturated heterocycles. The van der Waals surface area contributed by atoms with Gasteiger partial charge in [0.05, 0.1) is 4.90 Å². The fraction of sp³-hybridized carbons (Fsp3) is 0.333. The molecule has 0 aliphatic heterocycles. The Kier molecular flexibility index (Phi) is 4.46. The average molecular weight is 298 g/mol. The first-order valence-corrected chi connectivity index (χ1v) is 7.57. The summed E-state index contributed by atoms with van der Waals surface area (Å²) < 4.78 is 39.6. The van der Waals surface area contributed by atoms with E-state index < -0.39 is 15.8 Å². The molecular formula is C12H15FN4O2S. The van der Waals surface area contributed by atoms with E-state index in [-0.39, 0.29) is 11.4 Å². The van der Waals surface area contributed by atoms with Crippen LogP contribution < -0.4 is 4.72 Å². The van der Waals surface area contributed by atoms with Gasteiger partial charge in [-0.2, -0.15) is 5.10 Å². The van der Waals surface area contributed by atoms with Gasteiger partial charge < -0.3 is 0 Å². The Hall–Kier alpha value is -1.80. The van der Waals surface area contributed by atoms with Crippen LogP contribution in [0.15, 0.2) is 29.4 Å². The van der Waals surface area contributed by atoms with Crippen molar-refractivity contribution in [1.29, 1.82) is 0 Å². The second-order valence-electron chi connectivity index (χ2n) is 4.34. The van der Waals surface area contributed by atoms with E-state index in [1.54, 1.807) is 6.92 Å². The highest BCUT2D eigenvalue weighted by Gasteiger charge is 2.16. The molecule has 2 N–H and O–H groups in total. The van der Waals surface area contributed by atoms with E-state index in [4.69, 9.17) is 0 Å². The Morgan fingerprint density at radius 1 is 1.40 bits per heavy atom. The lowest BCUT2D eigenvalue weighted by Crippen LogP contribution is -2.26. The number of aromatic nitrogens is 3. The van der Waals surface area contributed by atoms with Gasteiger partial charge in [-0.1, -0.05) is 0 Å². The predicted octanol–water partition coefficient (Wildman–Crippen LogP) is 1.16. The summed E-state index contributed by atoms with van der Waals surface area (Å²) in [7, 11) is -3.61. The van der Waals surface area contributed by atoms with Crippen LogP contribution in [0.25, 0.3) is 0 Å². The molecule has 0 unspecified atom stereocenters. The summed E-state index contributed by atoms with van der Waals surface area (Å²) in [6.45, 7) is 1.84. The zero-order valence-corrected chi connectivity index (χ0v) is 11.7. The molecule has 0 amide bonds. The van der Waals surface area contributed by atoms with Crippen LogP contribution in [0.3, 0.4) is 0 Å². The largest absolute Gasteiger partial charge is 0.263 e. The van der Waals surface area contributed by atoms with Crippen molar-refractivity contribution in [3.05, 3.63) is 41.7 Å². The fourth-order valence-electron chi connectivity index (χ4n) is 1.81. The lowest BCUT2D eigenvalue weighted by atomic mass is 10.2. The van der Waals surface area contributed by atoms with Crippen molar-refractivity contribution in [3.63, 3.8) is 0 Å². The molecule has 1 aromatic heterocycles. The molecule has 1 heterocycles. The van der Waals surface area contributed by atoms with E-state index in [1.807, 2.05) is 0 Å². The third-order valence-electron chi connectivity index (χ3n) is 2.77. The smallest absolute Gasteiger partial charge is 0.240 e. The van der Waals surface area contributed by atoms with Crippen molar-refractivity contribution in [3.8, 4) is 0 Å². The SMILES string of the molecule is Cc1cc(F)ccc1S(=O)(=O)NCCCc1ncn[nH]1. The van der Waals surface area contributed by atoms with Gasteiger partial charge in [-0.3, -0.25) is 5.10 Å². The Bertz CT molecular complexity index is 671. The van der Waals surface area contributed by atoms with E-state index >= 15 is 0 Å². The van der Waals surface area contributed by atoms with Gasteiger partial charge >= 0.3 is 0 Å². The minimum absolute atomic E-state index is 0.0959. The third-order valence-corrected chi connectivity index (χ3v) is 4.40. The standard InChI is InChI=1S/C12H15FN4O2S/c1-9-7-10(13)4-5-11(9)20(18,19)16-6-2-3-12-14-8-15-17-12/h4-5,7-8,16H,2-3,6H2,1H3,(H,14,15,17). The second-order valence-corrected chi connectivity index (χ2v) is 6.08. The van der Waals surface area contributed by atoms with E-state index in [0.717, 1.165) is 6.07 Å². The first-order chi connectivity index (χ1) is 9.49. The monoisotopic (exact) mass is 298 g/mol. The highest BCUT2D eigenvalue weighted by Crippen LogP contribution is 2.15. The Labute approximate surface area is 116 Å². The number of sulfonamides is 1. The maximum absolute atomic E-state index is 13.0. The number of H-pyrrole nitrogens is 1. The summed E-state index contributed by atoms with van der Waals surface area (Å²) in [5, 5.41) is 6.41. The number of hydrogen-bond acceptors (Lipinski definition) is 4. The first-order valence-electron chi connectivity index (χ1n) is 6.09. The highest BCUT2D eigenvalue weighted by atomic mass is 32.2. The molecule has 2 rings (SSSR count). The van der Waals surface area contributed by atoms with Crippen LogP contribution in [-0.4, -0.2) is 30.1 Å². The Balaban J connectivity index is 1.93. The molecule has 0 aliphatic rings. The van der Waals surface area contributed by atoms with Gasteiger partial charge in [0.2, 0.25) is 10.0 Å². The zero-order valence-electron chi connectivity index (χ0n) is 10.9. The summed E-state index contributed by atoms with van der Waals surface area (Å²) in [4.78, 5) is 4.04. The van der Waals surface area contributed by atoms with Crippen molar-refractivity contribution in [1.82, 2.24) is 19.9 Å². The first kappa shape index (κ1) is 14.6. The molecule has 108 valence electrons. The van der Waals surface area contributed by atoms with Crippen molar-refractivity contribution in [2.45, 2.75) is 24.7 Å². The van der Waals surface area contributed by atoms with Gasteiger partial charge in [0.15, 0.2) is 0 Å². The normalized spacial score (nSPS) is 11.7. The predicted molar refractivity (Wildman–Crippen MR) is 71.0 cm³/mol. The average Bonchev–Trinajstić information content (AvgIpc) is 2.87. The van der Waals surface area contributed by atoms with Crippen LogP contribution in [0.4, 0.5) is 4.39 Å². The number of aromatic amines is 1. The van der Waals surface area contributed by atoms with Crippen molar-refractivity contribution < 1.29 is 12.8 Å². The van der Waals surface area contributed by atoms with Gasteiger partial charge in [-0.05, 0) is 37.1 Å². The number of benzene rings is 1. The number of hydrogen-bond donors (Lipinski definition) is 2. The van der Waals surface area contributed by atoms with Crippen LogP contribution >= 0.6 is 0 Å². The topological polar surface area (TPSA) is 87.7 Å². The Morgan fingerprint density at radius 3 is 2.85 bits per heavy atom. The van der Waals surface area contributed by atoms with Gasteiger partial charge in [0.25, 0.3) is 0 Å². The van der Waals surface area contributed by atoms with Gasteiger partial charge in [-0.15, -0.1) is 0 Å². The molecule has 6 nitrogen and oxygen atoms in total. The molecule has 0 bridgehead atoms. The summed E-state index contributed by atoms with van der Waals surface area (Å²) in [5.41, 5.74) is 0.382. The number of halogens is 1. The molecule has 0 radical (unpaired) electrons. The molecule has 0 aliphatic carbocycles.